The predicted octanol–water partition coefficient (Wildman–Crippen LogP) is 4.61. The first-order valence-electron chi connectivity index (χ1n) is 9.79. The lowest BCUT2D eigenvalue weighted by atomic mass is 9.80. The first-order chi connectivity index (χ1) is 12.3. The minimum atomic E-state index is 0.631. The summed E-state index contributed by atoms with van der Waals surface area (Å²) in [5.41, 5.74) is 0.936. The van der Waals surface area contributed by atoms with Crippen LogP contribution in [0.4, 0.5) is 0 Å². The summed E-state index contributed by atoms with van der Waals surface area (Å²) in [5, 5.41) is 7.54. The van der Waals surface area contributed by atoms with Crippen LogP contribution in [0.1, 0.15) is 64.2 Å². The summed E-state index contributed by atoms with van der Waals surface area (Å²) in [5.74, 6) is 3.05. The molecule has 2 heterocycles. The topological polar surface area (TPSA) is 63.8 Å². The highest BCUT2D eigenvalue weighted by molar-refractivity contribution is 5.52. The number of hydrogen-bond donors (Lipinski definition) is 1. The van der Waals surface area contributed by atoms with Gasteiger partial charge in [-0.25, -0.2) is 0 Å². The van der Waals surface area contributed by atoms with Gasteiger partial charge < -0.3 is 9.84 Å². The summed E-state index contributed by atoms with van der Waals surface area (Å²) in [6, 6.07) is 3.78. The molecule has 1 saturated carbocycles. The molecule has 0 bridgehead atoms. The van der Waals surface area contributed by atoms with E-state index in [-0.39, 0.29) is 0 Å². The number of nitrogens with zero attached hydrogens (tertiary/aromatic N) is 3. The molecule has 2 aromatic heterocycles. The van der Waals surface area contributed by atoms with Gasteiger partial charge in [0.25, 0.3) is 0 Å². The van der Waals surface area contributed by atoms with Gasteiger partial charge in [-0.3, -0.25) is 4.98 Å². The van der Waals surface area contributed by atoms with Crippen molar-refractivity contribution in [3.63, 3.8) is 0 Å². The molecule has 3 rings (SSSR count). The summed E-state index contributed by atoms with van der Waals surface area (Å²) in [6.07, 6.45) is 14.6. The highest BCUT2D eigenvalue weighted by Gasteiger charge is 2.20. The molecule has 0 atom stereocenters. The molecule has 1 aliphatic carbocycles. The lowest BCUT2D eigenvalue weighted by Gasteiger charge is -2.28. The molecule has 0 saturated heterocycles. The van der Waals surface area contributed by atoms with Gasteiger partial charge in [0, 0.05) is 18.0 Å². The highest BCUT2D eigenvalue weighted by Crippen LogP contribution is 2.31. The largest absolute Gasteiger partial charge is 0.338 e. The van der Waals surface area contributed by atoms with Crippen molar-refractivity contribution in [3.05, 3.63) is 30.4 Å². The van der Waals surface area contributed by atoms with Crippen molar-refractivity contribution in [2.45, 2.75) is 64.8 Å². The van der Waals surface area contributed by atoms with E-state index in [1.807, 2.05) is 12.1 Å². The fourth-order valence-corrected chi connectivity index (χ4v) is 3.74. The first kappa shape index (κ1) is 18.1. The number of hydrogen-bond acceptors (Lipinski definition) is 5. The lowest BCUT2D eigenvalue weighted by Crippen LogP contribution is -2.26. The van der Waals surface area contributed by atoms with E-state index in [4.69, 9.17) is 4.52 Å². The SMILES string of the molecule is CCCCCC1CCC(CNCc2nc(-c3ccncc3)no2)CC1. The Balaban J connectivity index is 1.35. The fraction of sp³-hybridized carbons (Fsp3) is 0.650. The smallest absolute Gasteiger partial charge is 0.240 e. The Morgan fingerprint density at radius 3 is 2.60 bits per heavy atom. The summed E-state index contributed by atoms with van der Waals surface area (Å²) < 4.78 is 5.34. The zero-order valence-electron chi connectivity index (χ0n) is 15.3. The lowest BCUT2D eigenvalue weighted by molar-refractivity contribution is 0.249. The molecule has 0 amide bonds. The number of nitrogens with one attached hydrogen (secondary N) is 1. The summed E-state index contributed by atoms with van der Waals surface area (Å²) in [7, 11) is 0. The maximum atomic E-state index is 5.34. The minimum absolute atomic E-state index is 0.631. The van der Waals surface area contributed by atoms with Crippen LogP contribution in [0.25, 0.3) is 11.4 Å². The van der Waals surface area contributed by atoms with Gasteiger partial charge in [0.15, 0.2) is 0 Å². The van der Waals surface area contributed by atoms with Crippen LogP contribution < -0.4 is 5.32 Å². The van der Waals surface area contributed by atoms with Gasteiger partial charge >= 0.3 is 0 Å². The Kier molecular flexibility index (Phi) is 6.98. The molecule has 1 aliphatic rings. The summed E-state index contributed by atoms with van der Waals surface area (Å²) in [6.45, 7) is 3.98. The van der Waals surface area contributed by atoms with Gasteiger partial charge in [0.2, 0.25) is 11.7 Å². The van der Waals surface area contributed by atoms with E-state index >= 15 is 0 Å². The third-order valence-corrected chi connectivity index (χ3v) is 5.30. The van der Waals surface area contributed by atoms with E-state index in [1.54, 1.807) is 12.4 Å². The molecule has 0 unspecified atom stereocenters. The van der Waals surface area contributed by atoms with E-state index in [2.05, 4.69) is 27.4 Å². The van der Waals surface area contributed by atoms with Crippen molar-refractivity contribution in [2.75, 3.05) is 6.54 Å². The highest BCUT2D eigenvalue weighted by atomic mass is 16.5. The van der Waals surface area contributed by atoms with Crippen molar-refractivity contribution < 1.29 is 4.52 Å². The quantitative estimate of drug-likeness (QED) is 0.674. The number of rotatable bonds is 9. The van der Waals surface area contributed by atoms with Crippen molar-refractivity contribution in [1.82, 2.24) is 20.4 Å². The third-order valence-electron chi connectivity index (χ3n) is 5.30. The van der Waals surface area contributed by atoms with Crippen LogP contribution in [-0.2, 0) is 6.54 Å². The monoisotopic (exact) mass is 342 g/mol. The Labute approximate surface area is 150 Å². The Bertz CT molecular complexity index is 605. The van der Waals surface area contributed by atoms with Crippen molar-refractivity contribution >= 4 is 0 Å². The molecule has 0 radical (unpaired) electrons. The molecule has 0 aliphatic heterocycles. The van der Waals surface area contributed by atoms with Crippen LogP contribution in [0.3, 0.4) is 0 Å². The minimum Gasteiger partial charge on any atom is -0.338 e. The number of unbranched alkanes of at least 4 members (excludes halogenated alkanes) is 2. The normalized spacial score (nSPS) is 20.7. The molecular weight excluding hydrogens is 312 g/mol. The first-order valence-corrected chi connectivity index (χ1v) is 9.79. The molecule has 2 aromatic rings. The van der Waals surface area contributed by atoms with Gasteiger partial charge in [-0.15, -0.1) is 0 Å². The number of pyridine rings is 1. The van der Waals surface area contributed by atoms with Crippen LogP contribution in [0.5, 0.6) is 0 Å². The second kappa shape index (κ2) is 9.66. The van der Waals surface area contributed by atoms with Gasteiger partial charge in [-0.2, -0.15) is 4.98 Å². The van der Waals surface area contributed by atoms with Crippen LogP contribution in [0.2, 0.25) is 0 Å². The molecule has 5 heteroatoms. The zero-order valence-corrected chi connectivity index (χ0v) is 15.3. The Morgan fingerprint density at radius 2 is 1.84 bits per heavy atom. The molecule has 136 valence electrons. The maximum Gasteiger partial charge on any atom is 0.240 e. The van der Waals surface area contributed by atoms with Crippen LogP contribution in [0.15, 0.2) is 29.0 Å². The maximum absolute atomic E-state index is 5.34. The van der Waals surface area contributed by atoms with E-state index < -0.39 is 0 Å². The van der Waals surface area contributed by atoms with Crippen LogP contribution in [0, 0.1) is 11.8 Å². The van der Waals surface area contributed by atoms with Crippen molar-refractivity contribution in [1.29, 1.82) is 0 Å². The predicted molar refractivity (Wildman–Crippen MR) is 98.8 cm³/mol. The average Bonchev–Trinajstić information content (AvgIpc) is 3.13. The summed E-state index contributed by atoms with van der Waals surface area (Å²) in [4.78, 5) is 8.46. The van der Waals surface area contributed by atoms with E-state index in [0.29, 0.717) is 18.3 Å². The molecule has 5 nitrogen and oxygen atoms in total. The van der Waals surface area contributed by atoms with Crippen molar-refractivity contribution in [3.8, 4) is 11.4 Å². The Morgan fingerprint density at radius 1 is 1.08 bits per heavy atom. The molecule has 1 N–H and O–H groups in total. The second-order valence-corrected chi connectivity index (χ2v) is 7.26. The van der Waals surface area contributed by atoms with Crippen molar-refractivity contribution in [2.24, 2.45) is 11.8 Å². The van der Waals surface area contributed by atoms with Gasteiger partial charge in [0.1, 0.15) is 0 Å². The summed E-state index contributed by atoms with van der Waals surface area (Å²) >= 11 is 0. The van der Waals surface area contributed by atoms with E-state index in [0.717, 1.165) is 23.9 Å². The van der Waals surface area contributed by atoms with E-state index in [1.165, 1.54) is 51.4 Å². The molecule has 0 aromatic carbocycles. The molecule has 25 heavy (non-hydrogen) atoms. The van der Waals surface area contributed by atoms with Crippen LogP contribution in [-0.4, -0.2) is 21.7 Å². The van der Waals surface area contributed by atoms with E-state index in [9.17, 15) is 0 Å². The van der Waals surface area contributed by atoms with Gasteiger partial charge in [-0.1, -0.05) is 50.6 Å². The molecule has 0 spiro atoms. The zero-order chi connectivity index (χ0) is 17.3. The van der Waals surface area contributed by atoms with Gasteiger partial charge in [-0.05, 0) is 43.4 Å². The van der Waals surface area contributed by atoms with Gasteiger partial charge in [0.05, 0.1) is 6.54 Å². The Hall–Kier alpha value is -1.75. The molecular formula is C20H30N4O. The fourth-order valence-electron chi connectivity index (χ4n) is 3.74. The standard InChI is InChI=1S/C20H30N4O/c1-2-3-4-5-16-6-8-17(9-7-16)14-22-15-19-23-20(24-25-19)18-10-12-21-13-11-18/h10-13,16-17,22H,2-9,14-15H2,1H3. The second-order valence-electron chi connectivity index (χ2n) is 7.26. The number of aromatic nitrogens is 3. The molecule has 1 fully saturated rings. The average molecular weight is 342 g/mol. The third kappa shape index (κ3) is 5.63. The van der Waals surface area contributed by atoms with Crippen LogP contribution >= 0.6 is 0 Å².